The standard InChI is InChI=1S/C17H24N2O4.C2HF3O2/c20-16(15-2-1-5-23-15)18-10-17-11-19(8-13(17)9-22-12-17)14-3-6-21-7-4-14;3-2(4,5)1(6)7/h1-2,5,13-14H,3-4,6-12H2,(H,18,20);(H,6,7)/t13-,17+;/m1./s1. The van der Waals surface area contributed by atoms with Gasteiger partial charge in [0.1, 0.15) is 0 Å². The number of nitrogens with zero attached hydrogens (tertiary/aromatic N) is 1. The van der Waals surface area contributed by atoms with Crippen LogP contribution in [0.5, 0.6) is 0 Å². The number of halogens is 3. The van der Waals surface area contributed by atoms with Crippen LogP contribution in [0.4, 0.5) is 13.2 Å². The minimum Gasteiger partial charge on any atom is -0.475 e. The van der Waals surface area contributed by atoms with E-state index in [0.29, 0.717) is 24.3 Å². The Morgan fingerprint density at radius 1 is 1.27 bits per heavy atom. The van der Waals surface area contributed by atoms with Gasteiger partial charge in [0, 0.05) is 50.2 Å². The third-order valence-electron chi connectivity index (χ3n) is 5.84. The Morgan fingerprint density at radius 2 is 1.97 bits per heavy atom. The number of fused-ring (bicyclic) bond motifs is 1. The third kappa shape index (κ3) is 5.32. The summed E-state index contributed by atoms with van der Waals surface area (Å²) in [7, 11) is 0. The molecule has 3 saturated heterocycles. The molecule has 168 valence electrons. The molecule has 3 aliphatic rings. The van der Waals surface area contributed by atoms with Crippen LogP contribution in [0.15, 0.2) is 22.8 Å². The van der Waals surface area contributed by atoms with Crippen molar-refractivity contribution in [3.05, 3.63) is 24.2 Å². The van der Waals surface area contributed by atoms with Gasteiger partial charge in [0.15, 0.2) is 5.76 Å². The van der Waals surface area contributed by atoms with E-state index in [0.717, 1.165) is 52.4 Å². The molecule has 3 aliphatic heterocycles. The molecule has 30 heavy (non-hydrogen) atoms. The molecule has 4 heterocycles. The summed E-state index contributed by atoms with van der Waals surface area (Å²) < 4.78 is 48.1. The van der Waals surface area contributed by atoms with Crippen LogP contribution >= 0.6 is 0 Å². The second-order valence-corrected chi connectivity index (χ2v) is 7.81. The van der Waals surface area contributed by atoms with Gasteiger partial charge in [-0.15, -0.1) is 0 Å². The Bertz CT molecular complexity index is 720. The van der Waals surface area contributed by atoms with Crippen molar-refractivity contribution in [3.8, 4) is 0 Å². The number of hydrogen-bond donors (Lipinski definition) is 2. The monoisotopic (exact) mass is 434 g/mol. The summed E-state index contributed by atoms with van der Waals surface area (Å²) in [6.07, 6.45) is -1.33. The quantitative estimate of drug-likeness (QED) is 0.745. The molecule has 0 aromatic carbocycles. The Balaban J connectivity index is 0.000000318. The van der Waals surface area contributed by atoms with Crippen molar-refractivity contribution in [1.82, 2.24) is 10.2 Å². The number of amides is 1. The molecule has 11 heteroatoms. The van der Waals surface area contributed by atoms with E-state index in [1.165, 1.54) is 6.26 Å². The summed E-state index contributed by atoms with van der Waals surface area (Å²) >= 11 is 0. The number of hydrogen-bond acceptors (Lipinski definition) is 6. The van der Waals surface area contributed by atoms with Gasteiger partial charge in [0.05, 0.1) is 19.5 Å². The number of carbonyl (C=O) groups is 2. The maximum Gasteiger partial charge on any atom is 0.490 e. The second-order valence-electron chi connectivity index (χ2n) is 7.81. The van der Waals surface area contributed by atoms with Crippen LogP contribution in [-0.2, 0) is 14.3 Å². The average Bonchev–Trinajstić information content (AvgIpc) is 3.42. The molecule has 0 saturated carbocycles. The zero-order chi connectivity index (χ0) is 21.8. The molecule has 0 spiro atoms. The number of alkyl halides is 3. The van der Waals surface area contributed by atoms with E-state index in [1.807, 2.05) is 0 Å². The Hall–Kier alpha value is -2.11. The molecule has 0 bridgehead atoms. The van der Waals surface area contributed by atoms with Gasteiger partial charge < -0.3 is 24.3 Å². The molecule has 3 fully saturated rings. The molecule has 0 radical (unpaired) electrons. The average molecular weight is 434 g/mol. The normalized spacial score (nSPS) is 27.2. The van der Waals surface area contributed by atoms with E-state index < -0.39 is 12.1 Å². The van der Waals surface area contributed by atoms with Crippen LogP contribution in [0.3, 0.4) is 0 Å². The van der Waals surface area contributed by atoms with Crippen molar-refractivity contribution >= 4 is 11.9 Å². The molecule has 2 atom stereocenters. The summed E-state index contributed by atoms with van der Waals surface area (Å²) in [5.41, 5.74) is 0.0422. The lowest BCUT2D eigenvalue weighted by atomic mass is 9.81. The number of carboxylic acids is 1. The number of likely N-dealkylation sites (tertiary alicyclic amines) is 1. The Labute approximate surface area is 171 Å². The summed E-state index contributed by atoms with van der Waals surface area (Å²) in [6.45, 7) is 5.99. The lowest BCUT2D eigenvalue weighted by Gasteiger charge is -2.33. The molecule has 2 N–H and O–H groups in total. The highest BCUT2D eigenvalue weighted by molar-refractivity contribution is 5.91. The Kier molecular flexibility index (Phi) is 7.04. The first-order valence-electron chi connectivity index (χ1n) is 9.73. The van der Waals surface area contributed by atoms with Crippen LogP contribution in [-0.4, -0.2) is 80.2 Å². The minimum absolute atomic E-state index is 0.0422. The van der Waals surface area contributed by atoms with E-state index in [2.05, 4.69) is 10.2 Å². The summed E-state index contributed by atoms with van der Waals surface area (Å²) in [4.78, 5) is 23.6. The number of carboxylic acid groups (broad SMARTS) is 1. The van der Waals surface area contributed by atoms with Gasteiger partial charge >= 0.3 is 12.1 Å². The predicted octanol–water partition coefficient (Wildman–Crippen LogP) is 1.77. The van der Waals surface area contributed by atoms with Crippen LogP contribution in [0.25, 0.3) is 0 Å². The summed E-state index contributed by atoms with van der Waals surface area (Å²) in [6, 6.07) is 4.04. The van der Waals surface area contributed by atoms with Crippen LogP contribution in [0.2, 0.25) is 0 Å². The van der Waals surface area contributed by atoms with E-state index in [1.54, 1.807) is 12.1 Å². The number of rotatable bonds is 4. The fourth-order valence-corrected chi connectivity index (χ4v) is 4.20. The van der Waals surface area contributed by atoms with Gasteiger partial charge in [-0.05, 0) is 25.0 Å². The largest absolute Gasteiger partial charge is 0.490 e. The highest BCUT2D eigenvalue weighted by atomic mass is 19.4. The number of aliphatic carboxylic acids is 1. The Morgan fingerprint density at radius 3 is 2.57 bits per heavy atom. The van der Waals surface area contributed by atoms with Gasteiger partial charge in [-0.25, -0.2) is 4.79 Å². The topological polar surface area (TPSA) is 101 Å². The SMILES string of the molecule is O=C(NC[C@]12COC[C@H]1CN(C1CCOCC1)C2)c1ccco1.O=C(O)C(F)(F)F. The minimum atomic E-state index is -5.08. The molecule has 1 aromatic heterocycles. The van der Waals surface area contributed by atoms with Crippen molar-refractivity contribution in [1.29, 1.82) is 0 Å². The molecular formula is C19H25F3N2O6. The van der Waals surface area contributed by atoms with Crippen molar-refractivity contribution in [2.24, 2.45) is 11.3 Å². The first kappa shape index (κ1) is 22.6. The van der Waals surface area contributed by atoms with Crippen LogP contribution in [0.1, 0.15) is 23.4 Å². The molecule has 1 amide bonds. The lowest BCUT2D eigenvalue weighted by Crippen LogP contribution is -2.44. The van der Waals surface area contributed by atoms with Gasteiger partial charge in [-0.3, -0.25) is 9.69 Å². The van der Waals surface area contributed by atoms with Crippen molar-refractivity contribution in [2.75, 3.05) is 46.1 Å². The number of furan rings is 1. The first-order valence-corrected chi connectivity index (χ1v) is 9.73. The number of nitrogens with one attached hydrogen (secondary N) is 1. The highest BCUT2D eigenvalue weighted by Crippen LogP contribution is 2.42. The number of ether oxygens (including phenoxy) is 2. The van der Waals surface area contributed by atoms with Crippen molar-refractivity contribution in [3.63, 3.8) is 0 Å². The van der Waals surface area contributed by atoms with E-state index >= 15 is 0 Å². The molecule has 8 nitrogen and oxygen atoms in total. The van der Waals surface area contributed by atoms with Gasteiger partial charge in [0.25, 0.3) is 5.91 Å². The lowest BCUT2D eigenvalue weighted by molar-refractivity contribution is -0.192. The zero-order valence-corrected chi connectivity index (χ0v) is 16.3. The number of carbonyl (C=O) groups excluding carboxylic acids is 1. The first-order chi connectivity index (χ1) is 14.2. The predicted molar refractivity (Wildman–Crippen MR) is 96.9 cm³/mol. The second kappa shape index (κ2) is 9.36. The van der Waals surface area contributed by atoms with Crippen LogP contribution in [0, 0.1) is 11.3 Å². The summed E-state index contributed by atoms with van der Waals surface area (Å²) in [5, 5.41) is 10.2. The van der Waals surface area contributed by atoms with E-state index in [9.17, 15) is 18.0 Å². The smallest absolute Gasteiger partial charge is 0.475 e. The van der Waals surface area contributed by atoms with E-state index in [4.69, 9.17) is 23.8 Å². The fraction of sp³-hybridized carbons (Fsp3) is 0.684. The highest BCUT2D eigenvalue weighted by Gasteiger charge is 2.52. The zero-order valence-electron chi connectivity index (χ0n) is 16.3. The molecule has 1 aromatic rings. The molecular weight excluding hydrogens is 409 g/mol. The van der Waals surface area contributed by atoms with Gasteiger partial charge in [-0.2, -0.15) is 13.2 Å². The van der Waals surface area contributed by atoms with Crippen molar-refractivity contribution in [2.45, 2.75) is 25.1 Å². The van der Waals surface area contributed by atoms with Crippen molar-refractivity contribution < 1.29 is 41.8 Å². The van der Waals surface area contributed by atoms with E-state index in [-0.39, 0.29) is 11.3 Å². The maximum atomic E-state index is 12.2. The molecule has 0 unspecified atom stereocenters. The van der Waals surface area contributed by atoms with Gasteiger partial charge in [0.2, 0.25) is 0 Å². The van der Waals surface area contributed by atoms with Crippen LogP contribution < -0.4 is 5.32 Å². The maximum absolute atomic E-state index is 12.2. The summed E-state index contributed by atoms with van der Waals surface area (Å²) in [5.74, 6) is -2.02. The molecule has 4 rings (SSSR count). The third-order valence-corrected chi connectivity index (χ3v) is 5.84. The van der Waals surface area contributed by atoms with Gasteiger partial charge in [-0.1, -0.05) is 0 Å². The molecule has 0 aliphatic carbocycles. The fourth-order valence-electron chi connectivity index (χ4n) is 4.20.